The first-order valence-electron chi connectivity index (χ1n) is 5.58. The van der Waals surface area contributed by atoms with Gasteiger partial charge in [-0.25, -0.2) is 0 Å². The Bertz CT molecular complexity index is 346. The highest BCUT2D eigenvalue weighted by Gasteiger charge is 2.04. The van der Waals surface area contributed by atoms with E-state index in [2.05, 4.69) is 10.4 Å². The second-order valence-corrected chi connectivity index (χ2v) is 4.18. The first-order chi connectivity index (χ1) is 8.13. The van der Waals surface area contributed by atoms with Crippen molar-refractivity contribution in [2.75, 3.05) is 20.3 Å². The van der Waals surface area contributed by atoms with E-state index < -0.39 is 0 Å². The van der Waals surface area contributed by atoms with Gasteiger partial charge in [0.05, 0.1) is 10.7 Å². The maximum atomic E-state index is 11.4. The molecule has 17 heavy (non-hydrogen) atoms. The van der Waals surface area contributed by atoms with E-state index in [1.54, 1.807) is 18.0 Å². The molecule has 0 saturated carbocycles. The van der Waals surface area contributed by atoms with Crippen LogP contribution in [0.5, 0.6) is 0 Å². The molecular weight excluding hydrogens is 242 g/mol. The predicted molar refractivity (Wildman–Crippen MR) is 66.1 cm³/mol. The molecule has 1 aromatic rings. The lowest BCUT2D eigenvalue weighted by atomic mass is 10.3. The van der Waals surface area contributed by atoms with Gasteiger partial charge < -0.3 is 10.1 Å². The van der Waals surface area contributed by atoms with Crippen LogP contribution in [0.2, 0.25) is 5.02 Å². The molecule has 0 saturated heterocycles. The number of rotatable bonds is 7. The number of methoxy groups -OCH3 is 1. The Morgan fingerprint density at radius 1 is 1.65 bits per heavy atom. The number of carbonyl (C=O) groups is 1. The summed E-state index contributed by atoms with van der Waals surface area (Å²) in [5.74, 6) is 0.0189. The van der Waals surface area contributed by atoms with E-state index in [9.17, 15) is 4.79 Å². The van der Waals surface area contributed by atoms with Crippen molar-refractivity contribution in [2.24, 2.45) is 0 Å². The summed E-state index contributed by atoms with van der Waals surface area (Å²) in [6.07, 6.45) is 2.97. The summed E-state index contributed by atoms with van der Waals surface area (Å²) in [6, 6.07) is 0. The monoisotopic (exact) mass is 259 g/mol. The summed E-state index contributed by atoms with van der Waals surface area (Å²) in [6.45, 7) is 3.69. The Balaban J connectivity index is 2.19. The molecule has 0 spiro atoms. The van der Waals surface area contributed by atoms with E-state index in [1.807, 2.05) is 6.92 Å². The third-order valence-electron chi connectivity index (χ3n) is 2.30. The molecule has 0 fully saturated rings. The number of ether oxygens (including phenoxy) is 1. The SMILES string of the molecule is COCCCNC(=O)CCn1cc(Cl)c(C)n1. The van der Waals surface area contributed by atoms with Crippen LogP contribution in [0.15, 0.2) is 6.20 Å². The standard InChI is InChI=1S/C11H18ClN3O2/c1-9-10(12)8-15(14-9)6-4-11(16)13-5-3-7-17-2/h8H,3-7H2,1-2H3,(H,13,16). The number of nitrogens with zero attached hydrogens (tertiary/aromatic N) is 2. The van der Waals surface area contributed by atoms with Crippen LogP contribution in [0, 0.1) is 6.92 Å². The zero-order valence-corrected chi connectivity index (χ0v) is 11.0. The van der Waals surface area contributed by atoms with Gasteiger partial charge in [0, 0.05) is 39.4 Å². The minimum Gasteiger partial charge on any atom is -0.385 e. The second-order valence-electron chi connectivity index (χ2n) is 3.77. The average Bonchev–Trinajstić information content (AvgIpc) is 2.62. The molecule has 0 aliphatic carbocycles. The molecule has 6 heteroatoms. The summed E-state index contributed by atoms with van der Waals surface area (Å²) in [4.78, 5) is 11.4. The number of carbonyl (C=O) groups excluding carboxylic acids is 1. The molecule has 0 atom stereocenters. The van der Waals surface area contributed by atoms with Crippen LogP contribution in [-0.2, 0) is 16.1 Å². The van der Waals surface area contributed by atoms with Crippen LogP contribution in [-0.4, -0.2) is 35.9 Å². The Morgan fingerprint density at radius 3 is 3.00 bits per heavy atom. The number of hydrogen-bond donors (Lipinski definition) is 1. The van der Waals surface area contributed by atoms with Crippen molar-refractivity contribution in [2.45, 2.75) is 26.3 Å². The second kappa shape index (κ2) is 7.29. The van der Waals surface area contributed by atoms with Gasteiger partial charge in [0.1, 0.15) is 0 Å². The number of halogens is 1. The van der Waals surface area contributed by atoms with Gasteiger partial charge in [-0.1, -0.05) is 11.6 Å². The smallest absolute Gasteiger partial charge is 0.221 e. The first-order valence-corrected chi connectivity index (χ1v) is 5.96. The molecular formula is C11H18ClN3O2. The molecule has 1 aromatic heterocycles. The third kappa shape index (κ3) is 5.19. The van der Waals surface area contributed by atoms with Gasteiger partial charge in [-0.3, -0.25) is 9.48 Å². The van der Waals surface area contributed by atoms with Crippen molar-refractivity contribution in [1.82, 2.24) is 15.1 Å². The molecule has 0 aliphatic heterocycles. The molecule has 5 nitrogen and oxygen atoms in total. The van der Waals surface area contributed by atoms with Crippen LogP contribution in [0.3, 0.4) is 0 Å². The maximum Gasteiger partial charge on any atom is 0.221 e. The van der Waals surface area contributed by atoms with Crippen LogP contribution in [0.1, 0.15) is 18.5 Å². The van der Waals surface area contributed by atoms with Gasteiger partial charge in [0.15, 0.2) is 0 Å². The molecule has 1 heterocycles. The molecule has 0 radical (unpaired) electrons. The fraction of sp³-hybridized carbons (Fsp3) is 0.636. The van der Waals surface area contributed by atoms with Gasteiger partial charge in [-0.15, -0.1) is 0 Å². The quantitative estimate of drug-likeness (QED) is 0.753. The summed E-state index contributed by atoms with van der Waals surface area (Å²) in [7, 11) is 1.64. The van der Waals surface area contributed by atoms with Crippen LogP contribution >= 0.6 is 11.6 Å². The van der Waals surface area contributed by atoms with Crippen molar-refractivity contribution in [3.63, 3.8) is 0 Å². The van der Waals surface area contributed by atoms with Crippen LogP contribution in [0.25, 0.3) is 0 Å². The van der Waals surface area contributed by atoms with Crippen LogP contribution in [0.4, 0.5) is 0 Å². The highest BCUT2D eigenvalue weighted by Crippen LogP contribution is 2.11. The van der Waals surface area contributed by atoms with E-state index in [0.717, 1.165) is 12.1 Å². The zero-order valence-electron chi connectivity index (χ0n) is 10.2. The highest BCUT2D eigenvalue weighted by molar-refractivity contribution is 6.31. The van der Waals surface area contributed by atoms with Gasteiger partial charge in [-0.2, -0.15) is 5.10 Å². The van der Waals surface area contributed by atoms with Crippen molar-refractivity contribution in [3.05, 3.63) is 16.9 Å². The van der Waals surface area contributed by atoms with E-state index in [1.165, 1.54) is 0 Å². The van der Waals surface area contributed by atoms with Gasteiger partial charge in [0.2, 0.25) is 5.91 Å². The molecule has 0 aromatic carbocycles. The largest absolute Gasteiger partial charge is 0.385 e. The molecule has 1 amide bonds. The Morgan fingerprint density at radius 2 is 2.41 bits per heavy atom. The third-order valence-corrected chi connectivity index (χ3v) is 2.67. The Hall–Kier alpha value is -1.07. The number of amides is 1. The van der Waals surface area contributed by atoms with E-state index >= 15 is 0 Å². The zero-order chi connectivity index (χ0) is 12.7. The van der Waals surface area contributed by atoms with E-state index in [4.69, 9.17) is 16.3 Å². The van der Waals surface area contributed by atoms with Crippen molar-refractivity contribution >= 4 is 17.5 Å². The molecule has 0 unspecified atom stereocenters. The Kier molecular flexibility index (Phi) is 6.00. The fourth-order valence-corrected chi connectivity index (χ4v) is 1.51. The molecule has 1 rings (SSSR count). The Labute approximate surface area is 106 Å². The number of aryl methyl sites for hydroxylation is 2. The minimum atomic E-state index is 0.0189. The van der Waals surface area contributed by atoms with E-state index in [-0.39, 0.29) is 5.91 Å². The molecule has 96 valence electrons. The van der Waals surface area contributed by atoms with Crippen molar-refractivity contribution in [1.29, 1.82) is 0 Å². The number of hydrogen-bond acceptors (Lipinski definition) is 3. The molecule has 0 aliphatic rings. The van der Waals surface area contributed by atoms with E-state index in [0.29, 0.717) is 31.1 Å². The van der Waals surface area contributed by atoms with Crippen molar-refractivity contribution in [3.8, 4) is 0 Å². The normalized spacial score (nSPS) is 10.5. The van der Waals surface area contributed by atoms with Gasteiger partial charge >= 0.3 is 0 Å². The fourth-order valence-electron chi connectivity index (χ4n) is 1.36. The topological polar surface area (TPSA) is 56.1 Å². The summed E-state index contributed by atoms with van der Waals surface area (Å²) in [5, 5.41) is 7.62. The molecule has 1 N–H and O–H groups in total. The van der Waals surface area contributed by atoms with Gasteiger partial charge in [-0.05, 0) is 13.3 Å². The number of aromatic nitrogens is 2. The summed E-state index contributed by atoms with van der Waals surface area (Å²) >= 11 is 5.87. The number of nitrogens with one attached hydrogen (secondary N) is 1. The van der Waals surface area contributed by atoms with Crippen LogP contribution < -0.4 is 5.32 Å². The lowest BCUT2D eigenvalue weighted by Gasteiger charge is -2.04. The predicted octanol–water partition coefficient (Wildman–Crippen LogP) is 1.39. The van der Waals surface area contributed by atoms with Crippen molar-refractivity contribution < 1.29 is 9.53 Å². The summed E-state index contributed by atoms with van der Waals surface area (Å²) < 4.78 is 6.58. The lowest BCUT2D eigenvalue weighted by Crippen LogP contribution is -2.26. The average molecular weight is 260 g/mol. The highest BCUT2D eigenvalue weighted by atomic mass is 35.5. The molecule has 0 bridgehead atoms. The first kappa shape index (κ1) is 14.0. The minimum absolute atomic E-state index is 0.0189. The maximum absolute atomic E-state index is 11.4. The summed E-state index contributed by atoms with van der Waals surface area (Å²) in [5.41, 5.74) is 0.784. The lowest BCUT2D eigenvalue weighted by molar-refractivity contribution is -0.121. The van der Waals surface area contributed by atoms with Gasteiger partial charge in [0.25, 0.3) is 0 Å².